The Balaban J connectivity index is 1.45. The Labute approximate surface area is 145 Å². The molecule has 1 unspecified atom stereocenters. The highest BCUT2D eigenvalue weighted by Gasteiger charge is 2.22. The Morgan fingerprint density at radius 2 is 2.12 bits per heavy atom. The van der Waals surface area contributed by atoms with Crippen molar-refractivity contribution < 1.29 is 0 Å². The standard InChI is InChI=1S/C18H30N6/c1-2-23-11-5-6-16(23)14-22-18(19)21-13-15-7-8-17(20-12-15)24-9-3-4-10-24/h7-8,12,16H,2-6,9-11,13-14H2,1H3,(H3,19,21,22). The third kappa shape index (κ3) is 4.38. The lowest BCUT2D eigenvalue weighted by atomic mass is 10.2. The minimum Gasteiger partial charge on any atom is -0.370 e. The molecule has 2 aliphatic heterocycles. The molecule has 6 nitrogen and oxygen atoms in total. The molecule has 0 aromatic carbocycles. The van der Waals surface area contributed by atoms with E-state index in [0.717, 1.165) is 37.6 Å². The molecule has 6 heteroatoms. The van der Waals surface area contributed by atoms with Gasteiger partial charge in [-0.1, -0.05) is 13.0 Å². The van der Waals surface area contributed by atoms with Crippen molar-refractivity contribution in [3.05, 3.63) is 23.9 Å². The van der Waals surface area contributed by atoms with E-state index in [1.54, 1.807) is 0 Å². The maximum absolute atomic E-state index is 6.01. The number of likely N-dealkylation sites (N-methyl/N-ethyl adjacent to an activating group) is 1. The van der Waals surface area contributed by atoms with Gasteiger partial charge in [-0.15, -0.1) is 0 Å². The van der Waals surface area contributed by atoms with Crippen LogP contribution in [-0.4, -0.2) is 54.6 Å². The summed E-state index contributed by atoms with van der Waals surface area (Å²) in [7, 11) is 0. The monoisotopic (exact) mass is 330 g/mol. The van der Waals surface area contributed by atoms with Crippen molar-refractivity contribution in [3.63, 3.8) is 0 Å². The molecule has 2 fully saturated rings. The van der Waals surface area contributed by atoms with E-state index >= 15 is 0 Å². The van der Waals surface area contributed by atoms with Crippen molar-refractivity contribution in [3.8, 4) is 0 Å². The van der Waals surface area contributed by atoms with Crippen molar-refractivity contribution in [1.29, 1.82) is 0 Å². The first-order chi connectivity index (χ1) is 11.8. The van der Waals surface area contributed by atoms with Crippen LogP contribution < -0.4 is 16.0 Å². The van der Waals surface area contributed by atoms with Gasteiger partial charge in [0.25, 0.3) is 0 Å². The maximum Gasteiger partial charge on any atom is 0.188 e. The first-order valence-corrected chi connectivity index (χ1v) is 9.24. The zero-order valence-corrected chi connectivity index (χ0v) is 14.7. The lowest BCUT2D eigenvalue weighted by Crippen LogP contribution is -2.42. The van der Waals surface area contributed by atoms with Gasteiger partial charge in [0.2, 0.25) is 0 Å². The summed E-state index contributed by atoms with van der Waals surface area (Å²) < 4.78 is 0. The smallest absolute Gasteiger partial charge is 0.188 e. The molecule has 0 aliphatic carbocycles. The van der Waals surface area contributed by atoms with Gasteiger partial charge in [-0.25, -0.2) is 9.98 Å². The minimum atomic E-state index is 0.529. The third-order valence-electron chi connectivity index (χ3n) is 5.10. The molecular weight excluding hydrogens is 300 g/mol. The van der Waals surface area contributed by atoms with Gasteiger partial charge in [-0.05, 0) is 50.4 Å². The Morgan fingerprint density at radius 3 is 2.83 bits per heavy atom. The SMILES string of the molecule is CCN1CCCC1CNC(N)=NCc1ccc(N2CCCC2)nc1. The molecule has 2 saturated heterocycles. The van der Waals surface area contributed by atoms with Crippen molar-refractivity contribution in [2.45, 2.75) is 45.2 Å². The molecule has 2 aliphatic rings. The topological polar surface area (TPSA) is 69.8 Å². The number of nitrogens with two attached hydrogens (primary N) is 1. The van der Waals surface area contributed by atoms with Crippen molar-refractivity contribution in [2.75, 3.05) is 37.6 Å². The van der Waals surface area contributed by atoms with Gasteiger partial charge < -0.3 is 16.0 Å². The van der Waals surface area contributed by atoms with Gasteiger partial charge in [0.05, 0.1) is 6.54 Å². The zero-order chi connectivity index (χ0) is 16.8. The number of anilines is 1. The van der Waals surface area contributed by atoms with E-state index in [0.29, 0.717) is 18.5 Å². The molecular formula is C18H30N6. The van der Waals surface area contributed by atoms with Gasteiger partial charge in [-0.2, -0.15) is 0 Å². The van der Waals surface area contributed by atoms with Crippen LogP contribution in [0.2, 0.25) is 0 Å². The van der Waals surface area contributed by atoms with Crippen LogP contribution in [0, 0.1) is 0 Å². The lowest BCUT2D eigenvalue weighted by molar-refractivity contribution is 0.267. The fourth-order valence-electron chi connectivity index (χ4n) is 3.64. The fraction of sp³-hybridized carbons (Fsp3) is 0.667. The molecule has 0 radical (unpaired) electrons. The summed E-state index contributed by atoms with van der Waals surface area (Å²) in [4.78, 5) is 13.8. The molecule has 0 spiro atoms. The predicted octanol–water partition coefficient (Wildman–Crippen LogP) is 1.57. The second kappa shape index (κ2) is 8.33. The summed E-state index contributed by atoms with van der Waals surface area (Å²) in [6.45, 7) is 8.24. The summed E-state index contributed by atoms with van der Waals surface area (Å²) in [5, 5.41) is 3.27. The van der Waals surface area contributed by atoms with Crippen LogP contribution in [0.3, 0.4) is 0 Å². The van der Waals surface area contributed by atoms with Gasteiger partial charge in [-0.3, -0.25) is 4.90 Å². The van der Waals surface area contributed by atoms with Gasteiger partial charge in [0, 0.05) is 31.9 Å². The number of rotatable bonds is 6. The molecule has 0 saturated carbocycles. The molecule has 132 valence electrons. The Hall–Kier alpha value is -1.82. The first kappa shape index (κ1) is 17.0. The molecule has 3 N–H and O–H groups in total. The van der Waals surface area contributed by atoms with E-state index in [1.165, 1.54) is 32.2 Å². The van der Waals surface area contributed by atoms with Gasteiger partial charge in [0.1, 0.15) is 5.82 Å². The molecule has 3 heterocycles. The number of aliphatic imine (C=N–C) groups is 1. The highest BCUT2D eigenvalue weighted by atomic mass is 15.2. The molecule has 1 aromatic heterocycles. The van der Waals surface area contributed by atoms with E-state index in [9.17, 15) is 0 Å². The average molecular weight is 330 g/mol. The highest BCUT2D eigenvalue weighted by molar-refractivity contribution is 5.77. The van der Waals surface area contributed by atoms with Crippen LogP contribution in [0.25, 0.3) is 0 Å². The number of guanidine groups is 1. The number of pyridine rings is 1. The van der Waals surface area contributed by atoms with Crippen LogP contribution in [0.15, 0.2) is 23.3 Å². The largest absolute Gasteiger partial charge is 0.370 e. The van der Waals surface area contributed by atoms with Crippen LogP contribution in [0.5, 0.6) is 0 Å². The minimum absolute atomic E-state index is 0.529. The number of likely N-dealkylation sites (tertiary alicyclic amines) is 1. The second-order valence-electron chi connectivity index (χ2n) is 6.73. The molecule has 0 amide bonds. The Kier molecular flexibility index (Phi) is 5.91. The van der Waals surface area contributed by atoms with Crippen molar-refractivity contribution in [2.24, 2.45) is 10.7 Å². The molecule has 1 aromatic rings. The Morgan fingerprint density at radius 1 is 1.29 bits per heavy atom. The number of hydrogen-bond acceptors (Lipinski definition) is 4. The lowest BCUT2D eigenvalue weighted by Gasteiger charge is -2.23. The van der Waals surface area contributed by atoms with Gasteiger partial charge >= 0.3 is 0 Å². The highest BCUT2D eigenvalue weighted by Crippen LogP contribution is 2.18. The number of nitrogens with one attached hydrogen (secondary N) is 1. The fourth-order valence-corrected chi connectivity index (χ4v) is 3.64. The van der Waals surface area contributed by atoms with Crippen molar-refractivity contribution in [1.82, 2.24) is 15.2 Å². The zero-order valence-electron chi connectivity index (χ0n) is 14.7. The normalized spacial score (nSPS) is 22.3. The van der Waals surface area contributed by atoms with E-state index in [4.69, 9.17) is 5.73 Å². The second-order valence-corrected chi connectivity index (χ2v) is 6.73. The van der Waals surface area contributed by atoms with E-state index in [-0.39, 0.29) is 0 Å². The molecule has 0 bridgehead atoms. The number of hydrogen-bond donors (Lipinski definition) is 2. The van der Waals surface area contributed by atoms with E-state index in [1.807, 2.05) is 6.20 Å². The van der Waals surface area contributed by atoms with Crippen molar-refractivity contribution >= 4 is 11.8 Å². The molecule has 3 rings (SSSR count). The summed E-state index contributed by atoms with van der Waals surface area (Å²) in [5.74, 6) is 1.61. The third-order valence-corrected chi connectivity index (χ3v) is 5.10. The van der Waals surface area contributed by atoms with E-state index in [2.05, 4.69) is 44.1 Å². The predicted molar refractivity (Wildman–Crippen MR) is 99.3 cm³/mol. The average Bonchev–Trinajstić information content (AvgIpc) is 3.29. The molecule has 24 heavy (non-hydrogen) atoms. The van der Waals surface area contributed by atoms with Crippen LogP contribution in [0.4, 0.5) is 5.82 Å². The number of aromatic nitrogens is 1. The Bertz CT molecular complexity index is 535. The van der Waals surface area contributed by atoms with Crippen LogP contribution in [-0.2, 0) is 6.54 Å². The summed E-state index contributed by atoms with van der Waals surface area (Å²) in [5.41, 5.74) is 7.10. The number of nitrogens with zero attached hydrogens (tertiary/aromatic N) is 4. The van der Waals surface area contributed by atoms with Gasteiger partial charge in [0.15, 0.2) is 5.96 Å². The maximum atomic E-state index is 6.01. The summed E-state index contributed by atoms with van der Waals surface area (Å²) in [6.07, 6.45) is 6.99. The summed E-state index contributed by atoms with van der Waals surface area (Å²) in [6, 6.07) is 4.79. The van der Waals surface area contributed by atoms with Crippen LogP contribution >= 0.6 is 0 Å². The first-order valence-electron chi connectivity index (χ1n) is 9.24. The molecule has 1 atom stereocenters. The quantitative estimate of drug-likeness (QED) is 0.612. The van der Waals surface area contributed by atoms with E-state index < -0.39 is 0 Å². The summed E-state index contributed by atoms with van der Waals surface area (Å²) >= 11 is 0. The van der Waals surface area contributed by atoms with Crippen LogP contribution in [0.1, 0.15) is 38.2 Å².